The summed E-state index contributed by atoms with van der Waals surface area (Å²) >= 11 is 1.59. The summed E-state index contributed by atoms with van der Waals surface area (Å²) in [5.41, 5.74) is 3.27. The Morgan fingerprint density at radius 2 is 2.14 bits per heavy atom. The van der Waals surface area contributed by atoms with E-state index in [1.54, 1.807) is 11.3 Å². The Kier molecular flexibility index (Phi) is 5.51. The Labute approximate surface area is 128 Å². The van der Waals surface area contributed by atoms with Crippen molar-refractivity contribution in [2.24, 2.45) is 0 Å². The van der Waals surface area contributed by atoms with Crippen molar-refractivity contribution in [1.29, 1.82) is 0 Å². The molecule has 0 unspecified atom stereocenters. The van der Waals surface area contributed by atoms with Crippen molar-refractivity contribution >= 4 is 22.4 Å². The van der Waals surface area contributed by atoms with Gasteiger partial charge in [-0.25, -0.2) is 4.98 Å². The molecule has 1 heterocycles. The third-order valence-electron chi connectivity index (χ3n) is 2.94. The molecule has 0 aliphatic carbocycles. The van der Waals surface area contributed by atoms with Crippen molar-refractivity contribution < 1.29 is 4.79 Å². The number of hydrogen-bond donors (Lipinski definition) is 2. The maximum Gasteiger partial charge on any atom is 0.216 e. The van der Waals surface area contributed by atoms with Crippen LogP contribution in [-0.4, -0.2) is 24.0 Å². The predicted octanol–water partition coefficient (Wildman–Crippen LogP) is 3.09. The fourth-order valence-electron chi connectivity index (χ4n) is 1.87. The van der Waals surface area contributed by atoms with E-state index in [4.69, 9.17) is 0 Å². The average Bonchev–Trinajstić information content (AvgIpc) is 2.94. The zero-order chi connectivity index (χ0) is 15.1. The van der Waals surface area contributed by atoms with Crippen molar-refractivity contribution in [2.75, 3.05) is 18.4 Å². The van der Waals surface area contributed by atoms with Gasteiger partial charge in [0.1, 0.15) is 0 Å². The fourth-order valence-corrected chi connectivity index (χ4v) is 2.60. The van der Waals surface area contributed by atoms with Crippen LogP contribution in [0, 0.1) is 0 Å². The number of nitrogens with one attached hydrogen (secondary N) is 2. The highest BCUT2D eigenvalue weighted by molar-refractivity contribution is 7.14. The first-order valence-electron chi connectivity index (χ1n) is 6.83. The van der Waals surface area contributed by atoms with Crippen LogP contribution in [0.3, 0.4) is 0 Å². The molecule has 110 valence electrons. The van der Waals surface area contributed by atoms with Crippen molar-refractivity contribution in [3.63, 3.8) is 0 Å². The maximum absolute atomic E-state index is 10.8. The quantitative estimate of drug-likeness (QED) is 0.773. The van der Waals surface area contributed by atoms with E-state index in [1.807, 2.05) is 11.5 Å². The summed E-state index contributed by atoms with van der Waals surface area (Å²) in [5.74, 6) is 0.00801. The van der Waals surface area contributed by atoms with Gasteiger partial charge in [-0.3, -0.25) is 4.79 Å². The van der Waals surface area contributed by atoms with Crippen LogP contribution in [0.1, 0.15) is 12.5 Å². The van der Waals surface area contributed by atoms with Crippen LogP contribution in [0.4, 0.5) is 5.13 Å². The van der Waals surface area contributed by atoms with Gasteiger partial charge < -0.3 is 10.6 Å². The predicted molar refractivity (Wildman–Crippen MR) is 88.6 cm³/mol. The first-order chi connectivity index (χ1) is 10.2. The first-order valence-corrected chi connectivity index (χ1v) is 7.71. The van der Waals surface area contributed by atoms with Gasteiger partial charge in [-0.15, -0.1) is 17.9 Å². The number of anilines is 1. The van der Waals surface area contributed by atoms with E-state index < -0.39 is 0 Å². The minimum absolute atomic E-state index is 0.00801. The van der Waals surface area contributed by atoms with Crippen LogP contribution in [0.15, 0.2) is 42.3 Å². The molecule has 0 aliphatic rings. The number of carbonyl (C=O) groups excluding carboxylic acids is 1. The second-order valence-electron chi connectivity index (χ2n) is 4.64. The Morgan fingerprint density at radius 3 is 2.81 bits per heavy atom. The topological polar surface area (TPSA) is 54.0 Å². The minimum atomic E-state index is 0.00801. The molecule has 0 aliphatic heterocycles. The summed E-state index contributed by atoms with van der Waals surface area (Å²) in [6.07, 6.45) is 2.65. The molecular formula is C16H19N3OS. The van der Waals surface area contributed by atoms with Gasteiger partial charge >= 0.3 is 0 Å². The van der Waals surface area contributed by atoms with Crippen LogP contribution in [0.25, 0.3) is 11.3 Å². The van der Waals surface area contributed by atoms with Gasteiger partial charge in [0.05, 0.1) is 5.69 Å². The largest absolute Gasteiger partial charge is 0.358 e. The third kappa shape index (κ3) is 4.72. The molecule has 1 aromatic carbocycles. The lowest BCUT2D eigenvalue weighted by molar-refractivity contribution is -0.118. The van der Waals surface area contributed by atoms with Gasteiger partial charge in [-0.2, -0.15) is 0 Å². The summed E-state index contributed by atoms with van der Waals surface area (Å²) in [5, 5.41) is 8.92. The van der Waals surface area contributed by atoms with Crippen LogP contribution in [-0.2, 0) is 11.2 Å². The minimum Gasteiger partial charge on any atom is -0.358 e. The highest BCUT2D eigenvalue weighted by atomic mass is 32.1. The van der Waals surface area contributed by atoms with E-state index in [9.17, 15) is 4.79 Å². The lowest BCUT2D eigenvalue weighted by atomic mass is 10.1. The standard InChI is InChI=1S/C16H19N3OS/c1-3-9-18-16-19-15(11-21-16)14-6-4-13(5-7-14)8-10-17-12(2)20/h3-7,11H,1,8-10H2,2H3,(H,17,20)(H,18,19). The Bertz CT molecular complexity index is 604. The Morgan fingerprint density at radius 1 is 1.38 bits per heavy atom. The molecule has 0 saturated carbocycles. The lowest BCUT2D eigenvalue weighted by Crippen LogP contribution is -2.22. The Balaban J connectivity index is 1.96. The monoisotopic (exact) mass is 301 g/mol. The van der Waals surface area contributed by atoms with Gasteiger partial charge in [-0.05, 0) is 12.0 Å². The summed E-state index contributed by atoms with van der Waals surface area (Å²) in [7, 11) is 0. The zero-order valence-corrected chi connectivity index (χ0v) is 12.9. The molecule has 4 nitrogen and oxygen atoms in total. The summed E-state index contributed by atoms with van der Waals surface area (Å²) in [6.45, 7) is 6.59. The van der Waals surface area contributed by atoms with Crippen molar-refractivity contribution in [2.45, 2.75) is 13.3 Å². The number of benzene rings is 1. The SMILES string of the molecule is C=CCNc1nc(-c2ccc(CCNC(C)=O)cc2)cs1. The van der Waals surface area contributed by atoms with Crippen molar-refractivity contribution in [1.82, 2.24) is 10.3 Å². The van der Waals surface area contributed by atoms with Crippen LogP contribution in [0.2, 0.25) is 0 Å². The molecule has 0 spiro atoms. The molecule has 21 heavy (non-hydrogen) atoms. The normalized spacial score (nSPS) is 10.1. The van der Waals surface area contributed by atoms with E-state index >= 15 is 0 Å². The maximum atomic E-state index is 10.8. The Hall–Kier alpha value is -2.14. The summed E-state index contributed by atoms with van der Waals surface area (Å²) < 4.78 is 0. The molecule has 0 fully saturated rings. The second-order valence-corrected chi connectivity index (χ2v) is 5.50. The lowest BCUT2D eigenvalue weighted by Gasteiger charge is -2.03. The molecule has 0 saturated heterocycles. The average molecular weight is 301 g/mol. The molecule has 0 radical (unpaired) electrons. The molecule has 5 heteroatoms. The highest BCUT2D eigenvalue weighted by Gasteiger charge is 2.04. The van der Waals surface area contributed by atoms with E-state index in [0.29, 0.717) is 6.54 Å². The summed E-state index contributed by atoms with van der Waals surface area (Å²) in [6, 6.07) is 8.28. The van der Waals surface area contributed by atoms with Gasteiger partial charge in [0, 0.05) is 31.0 Å². The molecular weight excluding hydrogens is 282 g/mol. The zero-order valence-electron chi connectivity index (χ0n) is 12.1. The van der Waals surface area contributed by atoms with Crippen molar-refractivity contribution in [3.05, 3.63) is 47.9 Å². The number of hydrogen-bond acceptors (Lipinski definition) is 4. The van der Waals surface area contributed by atoms with E-state index in [2.05, 4.69) is 46.5 Å². The van der Waals surface area contributed by atoms with Gasteiger partial charge in [0.15, 0.2) is 5.13 Å². The number of nitrogens with zero attached hydrogens (tertiary/aromatic N) is 1. The van der Waals surface area contributed by atoms with Gasteiger partial charge in [0.25, 0.3) is 0 Å². The summed E-state index contributed by atoms with van der Waals surface area (Å²) in [4.78, 5) is 15.4. The van der Waals surface area contributed by atoms with Gasteiger partial charge in [0.2, 0.25) is 5.91 Å². The smallest absolute Gasteiger partial charge is 0.216 e. The number of rotatable bonds is 7. The number of carbonyl (C=O) groups is 1. The van der Waals surface area contributed by atoms with Crippen LogP contribution in [0.5, 0.6) is 0 Å². The van der Waals surface area contributed by atoms with Crippen molar-refractivity contribution in [3.8, 4) is 11.3 Å². The van der Waals surface area contributed by atoms with Crippen LogP contribution >= 0.6 is 11.3 Å². The number of thiazole rings is 1. The number of amides is 1. The second kappa shape index (κ2) is 7.59. The van der Waals surface area contributed by atoms with E-state index in [0.717, 1.165) is 29.4 Å². The van der Waals surface area contributed by atoms with E-state index in [-0.39, 0.29) is 5.91 Å². The highest BCUT2D eigenvalue weighted by Crippen LogP contribution is 2.25. The molecule has 1 amide bonds. The third-order valence-corrected chi connectivity index (χ3v) is 3.74. The molecule has 0 bridgehead atoms. The number of aromatic nitrogens is 1. The molecule has 0 atom stereocenters. The fraction of sp³-hybridized carbons (Fsp3) is 0.250. The molecule has 2 rings (SSSR count). The van der Waals surface area contributed by atoms with E-state index in [1.165, 1.54) is 12.5 Å². The van der Waals surface area contributed by atoms with Gasteiger partial charge in [-0.1, -0.05) is 30.3 Å². The molecule has 2 N–H and O–H groups in total. The molecule has 1 aromatic heterocycles. The first kappa shape index (κ1) is 15.3. The van der Waals surface area contributed by atoms with Crippen LogP contribution < -0.4 is 10.6 Å². The molecule has 2 aromatic rings.